The zero-order valence-corrected chi connectivity index (χ0v) is 11.1. The molecule has 1 amide bonds. The first-order valence-corrected chi connectivity index (χ1v) is 6.59. The second-order valence-corrected chi connectivity index (χ2v) is 5.23. The number of thiophene rings is 1. The Balaban J connectivity index is 2.13. The van der Waals surface area contributed by atoms with E-state index in [2.05, 4.69) is 0 Å². The fourth-order valence-electron chi connectivity index (χ4n) is 2.24. The van der Waals surface area contributed by atoms with Crippen LogP contribution in [0.2, 0.25) is 0 Å². The van der Waals surface area contributed by atoms with Crippen molar-refractivity contribution < 1.29 is 19.4 Å². The van der Waals surface area contributed by atoms with Crippen molar-refractivity contribution in [2.24, 2.45) is 5.92 Å². The quantitative estimate of drug-likeness (QED) is 0.906. The van der Waals surface area contributed by atoms with E-state index in [1.54, 1.807) is 30.4 Å². The number of likely N-dealkylation sites (tertiary alicyclic amines) is 1. The molecule has 0 spiro atoms. The summed E-state index contributed by atoms with van der Waals surface area (Å²) in [5.74, 6) is -0.748. The van der Waals surface area contributed by atoms with Gasteiger partial charge in [0, 0.05) is 24.0 Å². The van der Waals surface area contributed by atoms with Gasteiger partial charge in [0.15, 0.2) is 0 Å². The summed E-state index contributed by atoms with van der Waals surface area (Å²) in [6.45, 7) is 2.28. The van der Waals surface area contributed by atoms with Gasteiger partial charge in [-0.3, -0.25) is 9.59 Å². The first kappa shape index (κ1) is 12.9. The number of carboxylic acids is 1. The first-order chi connectivity index (χ1) is 8.54. The number of carbonyl (C=O) groups excluding carboxylic acids is 1. The number of amides is 1. The second kappa shape index (κ2) is 4.97. The molecule has 1 fully saturated rings. The summed E-state index contributed by atoms with van der Waals surface area (Å²) in [4.78, 5) is 25.5. The molecule has 0 aliphatic carbocycles. The third-order valence-corrected chi connectivity index (χ3v) is 4.25. The van der Waals surface area contributed by atoms with E-state index in [1.165, 1.54) is 11.3 Å². The Bertz CT molecular complexity index is 470. The monoisotopic (exact) mass is 269 g/mol. The number of hydrogen-bond donors (Lipinski definition) is 1. The van der Waals surface area contributed by atoms with E-state index in [-0.39, 0.29) is 11.9 Å². The zero-order chi connectivity index (χ0) is 13.3. The highest BCUT2D eigenvalue weighted by Gasteiger charge is 2.38. The molecule has 1 aliphatic heterocycles. The number of rotatable bonds is 3. The van der Waals surface area contributed by atoms with Crippen LogP contribution in [0.4, 0.5) is 0 Å². The van der Waals surface area contributed by atoms with Gasteiger partial charge in [0.05, 0.1) is 17.9 Å². The molecule has 98 valence electrons. The van der Waals surface area contributed by atoms with E-state index in [0.29, 0.717) is 23.6 Å². The summed E-state index contributed by atoms with van der Waals surface area (Å²) in [7, 11) is 1.55. The molecule has 2 rings (SSSR count). The molecule has 2 unspecified atom stereocenters. The standard InChI is InChI=1S/C12H15NO4S/c1-7-9(12(15)16)3-4-13(7)11(14)10-5-8(17-2)6-18-10/h5-7,9H,3-4H2,1-2H3,(H,15,16). The van der Waals surface area contributed by atoms with Crippen LogP contribution in [0.15, 0.2) is 11.4 Å². The highest BCUT2D eigenvalue weighted by molar-refractivity contribution is 7.12. The molecule has 1 saturated heterocycles. The van der Waals surface area contributed by atoms with E-state index in [1.807, 2.05) is 0 Å². The van der Waals surface area contributed by atoms with Crippen LogP contribution >= 0.6 is 11.3 Å². The van der Waals surface area contributed by atoms with Gasteiger partial charge < -0.3 is 14.7 Å². The topological polar surface area (TPSA) is 66.8 Å². The van der Waals surface area contributed by atoms with Gasteiger partial charge in [-0.2, -0.15) is 0 Å². The van der Waals surface area contributed by atoms with Gasteiger partial charge in [0.25, 0.3) is 5.91 Å². The van der Waals surface area contributed by atoms with Crippen molar-refractivity contribution in [3.8, 4) is 5.75 Å². The van der Waals surface area contributed by atoms with Crippen LogP contribution in [0.25, 0.3) is 0 Å². The number of methoxy groups -OCH3 is 1. The number of nitrogens with zero attached hydrogens (tertiary/aromatic N) is 1. The molecule has 18 heavy (non-hydrogen) atoms. The lowest BCUT2D eigenvalue weighted by molar-refractivity contribution is -0.142. The van der Waals surface area contributed by atoms with Gasteiger partial charge in [-0.25, -0.2) is 0 Å². The van der Waals surface area contributed by atoms with Crippen LogP contribution < -0.4 is 4.74 Å². The normalized spacial score (nSPS) is 23.1. The molecule has 1 N–H and O–H groups in total. The maximum absolute atomic E-state index is 12.2. The third kappa shape index (κ3) is 2.20. The summed E-state index contributed by atoms with van der Waals surface area (Å²) in [5, 5.41) is 10.8. The highest BCUT2D eigenvalue weighted by atomic mass is 32.1. The molecule has 0 aromatic carbocycles. The summed E-state index contributed by atoms with van der Waals surface area (Å²) >= 11 is 1.32. The van der Waals surface area contributed by atoms with Crippen LogP contribution in [-0.2, 0) is 4.79 Å². The summed E-state index contributed by atoms with van der Waals surface area (Å²) < 4.78 is 5.04. The fraction of sp³-hybridized carbons (Fsp3) is 0.500. The van der Waals surface area contributed by atoms with Gasteiger partial charge >= 0.3 is 5.97 Å². The average Bonchev–Trinajstić information content (AvgIpc) is 2.94. The van der Waals surface area contributed by atoms with Crippen molar-refractivity contribution in [3.05, 3.63) is 16.3 Å². The van der Waals surface area contributed by atoms with Crippen molar-refractivity contribution >= 4 is 23.2 Å². The number of carboxylic acid groups (broad SMARTS) is 1. The predicted molar refractivity (Wildman–Crippen MR) is 67.1 cm³/mol. The summed E-state index contributed by atoms with van der Waals surface area (Å²) in [5.41, 5.74) is 0. The molecule has 0 saturated carbocycles. The van der Waals surface area contributed by atoms with E-state index >= 15 is 0 Å². The predicted octanol–water partition coefficient (Wildman–Crippen LogP) is 1.69. The van der Waals surface area contributed by atoms with E-state index in [0.717, 1.165) is 0 Å². The molecule has 2 heterocycles. The molecule has 6 heteroatoms. The van der Waals surface area contributed by atoms with Crippen LogP contribution in [-0.4, -0.2) is 41.6 Å². The lowest BCUT2D eigenvalue weighted by Crippen LogP contribution is -2.37. The molecule has 0 radical (unpaired) electrons. The molecule has 1 aliphatic rings. The summed E-state index contributed by atoms with van der Waals surface area (Å²) in [6, 6.07) is 1.43. The average molecular weight is 269 g/mol. The molecule has 1 aromatic heterocycles. The van der Waals surface area contributed by atoms with Gasteiger partial charge in [-0.1, -0.05) is 0 Å². The number of carbonyl (C=O) groups is 2. The van der Waals surface area contributed by atoms with Crippen molar-refractivity contribution in [1.29, 1.82) is 0 Å². The molecular weight excluding hydrogens is 254 g/mol. The van der Waals surface area contributed by atoms with Gasteiger partial charge in [-0.05, 0) is 13.3 Å². The lowest BCUT2D eigenvalue weighted by atomic mass is 10.0. The van der Waals surface area contributed by atoms with Gasteiger partial charge in [0.1, 0.15) is 5.75 Å². The molecule has 0 bridgehead atoms. The first-order valence-electron chi connectivity index (χ1n) is 5.71. The molecular formula is C12H15NO4S. The Kier molecular flexibility index (Phi) is 3.56. The van der Waals surface area contributed by atoms with Crippen LogP contribution in [0.3, 0.4) is 0 Å². The second-order valence-electron chi connectivity index (χ2n) is 4.32. The van der Waals surface area contributed by atoms with Gasteiger partial charge in [0.2, 0.25) is 0 Å². The Morgan fingerprint density at radius 2 is 2.28 bits per heavy atom. The van der Waals surface area contributed by atoms with Crippen molar-refractivity contribution in [1.82, 2.24) is 4.90 Å². The molecule has 5 nitrogen and oxygen atoms in total. The Morgan fingerprint density at radius 1 is 1.56 bits per heavy atom. The largest absolute Gasteiger partial charge is 0.496 e. The summed E-state index contributed by atoms with van der Waals surface area (Å²) in [6.07, 6.45) is 0.519. The van der Waals surface area contributed by atoms with Crippen LogP contribution in [0.1, 0.15) is 23.0 Å². The molecule has 1 aromatic rings. The van der Waals surface area contributed by atoms with E-state index in [4.69, 9.17) is 9.84 Å². The van der Waals surface area contributed by atoms with Crippen LogP contribution in [0, 0.1) is 5.92 Å². The SMILES string of the molecule is COc1csc(C(=O)N2CCC(C(=O)O)C2C)c1. The van der Waals surface area contributed by atoms with Crippen molar-refractivity contribution in [2.45, 2.75) is 19.4 Å². The van der Waals surface area contributed by atoms with Crippen LogP contribution in [0.5, 0.6) is 5.75 Å². The lowest BCUT2D eigenvalue weighted by Gasteiger charge is -2.22. The third-order valence-electron chi connectivity index (χ3n) is 3.35. The van der Waals surface area contributed by atoms with E-state index in [9.17, 15) is 9.59 Å². The highest BCUT2D eigenvalue weighted by Crippen LogP contribution is 2.29. The molecule has 2 atom stereocenters. The number of hydrogen-bond acceptors (Lipinski definition) is 4. The zero-order valence-electron chi connectivity index (χ0n) is 10.3. The smallest absolute Gasteiger partial charge is 0.308 e. The number of aliphatic carboxylic acids is 1. The minimum atomic E-state index is -0.832. The van der Waals surface area contributed by atoms with E-state index < -0.39 is 11.9 Å². The Labute approximate surface area is 109 Å². The van der Waals surface area contributed by atoms with Gasteiger partial charge in [-0.15, -0.1) is 11.3 Å². The minimum Gasteiger partial charge on any atom is -0.496 e. The maximum Gasteiger partial charge on any atom is 0.308 e. The fourth-order valence-corrected chi connectivity index (χ4v) is 3.05. The Hall–Kier alpha value is -1.56. The van der Waals surface area contributed by atoms with Crippen molar-refractivity contribution in [3.63, 3.8) is 0 Å². The Morgan fingerprint density at radius 3 is 2.78 bits per heavy atom. The van der Waals surface area contributed by atoms with Crippen molar-refractivity contribution in [2.75, 3.05) is 13.7 Å². The minimum absolute atomic E-state index is 0.112. The maximum atomic E-state index is 12.2. The number of ether oxygens (including phenoxy) is 1.